The van der Waals surface area contributed by atoms with Crippen molar-refractivity contribution in [2.24, 2.45) is 0 Å². The van der Waals surface area contributed by atoms with Gasteiger partial charge < -0.3 is 24.9 Å². The number of amides is 1. The first-order valence-electron chi connectivity index (χ1n) is 8.08. The average molecular weight is 337 g/mol. The van der Waals surface area contributed by atoms with Crippen LogP contribution in [0.3, 0.4) is 0 Å². The first-order chi connectivity index (χ1) is 11.2. The molecule has 3 N–H and O–H groups in total. The van der Waals surface area contributed by atoms with Gasteiger partial charge in [-0.25, -0.2) is 10.2 Å². The Kier molecular flexibility index (Phi) is 5.69. The highest BCUT2D eigenvalue weighted by molar-refractivity contribution is 5.67. The second-order valence-electron chi connectivity index (χ2n) is 6.94. The van der Waals surface area contributed by atoms with Crippen molar-refractivity contribution in [3.63, 3.8) is 0 Å². The molecule has 0 bridgehead atoms. The lowest BCUT2D eigenvalue weighted by atomic mass is 9.99. The van der Waals surface area contributed by atoms with Gasteiger partial charge in [0.25, 0.3) is 0 Å². The quantitative estimate of drug-likeness (QED) is 0.687. The van der Waals surface area contributed by atoms with E-state index >= 15 is 0 Å². The highest BCUT2D eigenvalue weighted by Gasteiger charge is 2.34. The van der Waals surface area contributed by atoms with Crippen molar-refractivity contribution >= 4 is 6.09 Å². The number of ether oxygens (including phenoxy) is 1. The zero-order valence-electron chi connectivity index (χ0n) is 14.7. The molecule has 7 nitrogen and oxygen atoms in total. The van der Waals surface area contributed by atoms with Crippen LogP contribution in [0.1, 0.15) is 20.8 Å². The average Bonchev–Trinajstić information content (AvgIpc) is 2.83. The second-order valence-corrected chi connectivity index (χ2v) is 6.94. The fourth-order valence-electron chi connectivity index (χ4n) is 2.71. The lowest BCUT2D eigenvalue weighted by Gasteiger charge is -2.29. The van der Waals surface area contributed by atoms with E-state index in [9.17, 15) is 15.0 Å². The molecule has 0 radical (unpaired) electrons. The Bertz CT molecular complexity index is 563. The molecule has 0 aromatic heterocycles. The third-order valence-corrected chi connectivity index (χ3v) is 3.70. The molecular formula is C17H27N3O4. The Hall–Kier alpha value is -1.83. The summed E-state index contributed by atoms with van der Waals surface area (Å²) in [6.07, 6.45) is 6.37. The standard InChI is InChI=1S/C17H27N3O4/c1-17(2,3)24-16(23)19(4)11-14(22)15-12-7-5-6-8-13(12)18-20(15)9-10-21/h5-8,13-14,18,21-22H,9-11H2,1-4H3. The van der Waals surface area contributed by atoms with Crippen LogP contribution in [0.4, 0.5) is 4.79 Å². The molecular weight excluding hydrogens is 310 g/mol. The first kappa shape index (κ1) is 18.5. The minimum atomic E-state index is -0.891. The fourth-order valence-corrected chi connectivity index (χ4v) is 2.71. The van der Waals surface area contributed by atoms with Crippen molar-refractivity contribution in [3.05, 3.63) is 35.6 Å². The zero-order chi connectivity index (χ0) is 17.9. The van der Waals surface area contributed by atoms with Crippen molar-refractivity contribution in [1.29, 1.82) is 0 Å². The van der Waals surface area contributed by atoms with Gasteiger partial charge >= 0.3 is 6.09 Å². The number of fused-ring (bicyclic) bond motifs is 1. The number of hydrogen-bond acceptors (Lipinski definition) is 6. The molecule has 2 atom stereocenters. The van der Waals surface area contributed by atoms with E-state index in [-0.39, 0.29) is 19.2 Å². The molecule has 0 fully saturated rings. The number of nitrogens with zero attached hydrogens (tertiary/aromatic N) is 2. The molecule has 2 aliphatic rings. The normalized spacial score (nSPS) is 21.1. The minimum absolute atomic E-state index is 0.0296. The molecule has 0 saturated carbocycles. The number of aliphatic hydroxyl groups is 2. The third-order valence-electron chi connectivity index (χ3n) is 3.70. The molecule has 1 aliphatic carbocycles. The van der Waals surface area contributed by atoms with E-state index in [1.54, 1.807) is 32.8 Å². The lowest BCUT2D eigenvalue weighted by Crippen LogP contribution is -2.44. The van der Waals surface area contributed by atoms with Crippen LogP contribution in [0.25, 0.3) is 0 Å². The number of allylic oxidation sites excluding steroid dienone is 2. The summed E-state index contributed by atoms with van der Waals surface area (Å²) in [4.78, 5) is 13.4. The third kappa shape index (κ3) is 4.37. The Morgan fingerprint density at radius 3 is 2.79 bits per heavy atom. The molecule has 24 heavy (non-hydrogen) atoms. The highest BCUT2D eigenvalue weighted by Crippen LogP contribution is 2.28. The van der Waals surface area contributed by atoms with E-state index in [1.807, 2.05) is 24.3 Å². The number of hydrogen-bond donors (Lipinski definition) is 3. The Morgan fingerprint density at radius 1 is 1.46 bits per heavy atom. The summed E-state index contributed by atoms with van der Waals surface area (Å²) in [5.41, 5.74) is 4.26. The number of nitrogens with one attached hydrogen (secondary N) is 1. The molecule has 1 heterocycles. The summed E-state index contributed by atoms with van der Waals surface area (Å²) in [7, 11) is 1.59. The van der Waals surface area contributed by atoms with E-state index in [0.717, 1.165) is 5.57 Å². The maximum Gasteiger partial charge on any atom is 0.410 e. The van der Waals surface area contributed by atoms with Crippen LogP contribution in [-0.2, 0) is 4.74 Å². The van der Waals surface area contributed by atoms with Crippen LogP contribution < -0.4 is 5.43 Å². The molecule has 2 unspecified atom stereocenters. The van der Waals surface area contributed by atoms with Gasteiger partial charge in [0.1, 0.15) is 11.7 Å². The number of hydrazine groups is 1. The largest absolute Gasteiger partial charge is 0.444 e. The number of carbonyl (C=O) groups excluding carboxylic acids is 1. The van der Waals surface area contributed by atoms with E-state index in [0.29, 0.717) is 12.2 Å². The summed E-state index contributed by atoms with van der Waals surface area (Å²) in [5.74, 6) is 0. The summed E-state index contributed by atoms with van der Waals surface area (Å²) in [6, 6.07) is -0.0296. The number of likely N-dealkylation sites (N-methyl/N-ethyl adjacent to an activating group) is 1. The molecule has 0 aromatic rings. The summed E-state index contributed by atoms with van der Waals surface area (Å²) < 4.78 is 5.31. The number of aliphatic hydroxyl groups excluding tert-OH is 2. The summed E-state index contributed by atoms with van der Waals surface area (Å²) >= 11 is 0. The molecule has 2 rings (SSSR count). The first-order valence-corrected chi connectivity index (χ1v) is 8.08. The predicted octanol–water partition coefficient (Wildman–Crippen LogP) is 0.775. The molecule has 134 valence electrons. The van der Waals surface area contributed by atoms with Crippen molar-refractivity contribution in [3.8, 4) is 0 Å². The van der Waals surface area contributed by atoms with Crippen LogP contribution in [0.2, 0.25) is 0 Å². The Balaban J connectivity index is 2.11. The summed E-state index contributed by atoms with van der Waals surface area (Å²) in [6.45, 7) is 5.80. The lowest BCUT2D eigenvalue weighted by molar-refractivity contribution is 0.0205. The van der Waals surface area contributed by atoms with Crippen LogP contribution in [0.15, 0.2) is 35.6 Å². The SMILES string of the molecule is CN(CC(O)C1=C2C=CC=CC2NN1CCO)C(=O)OC(C)(C)C. The van der Waals surface area contributed by atoms with Crippen LogP contribution >= 0.6 is 0 Å². The van der Waals surface area contributed by atoms with E-state index in [4.69, 9.17) is 4.74 Å². The second kappa shape index (κ2) is 7.38. The van der Waals surface area contributed by atoms with Gasteiger partial charge in [-0.3, -0.25) is 0 Å². The number of rotatable bonds is 5. The van der Waals surface area contributed by atoms with Crippen molar-refractivity contribution in [2.45, 2.75) is 38.5 Å². The van der Waals surface area contributed by atoms with Gasteiger partial charge in [0.05, 0.1) is 31.4 Å². The predicted molar refractivity (Wildman–Crippen MR) is 90.9 cm³/mol. The number of β-amino-alcohol motifs (C(OH)–C–C–N with tert-alkyl or cyclic N) is 1. The van der Waals surface area contributed by atoms with Crippen LogP contribution in [0.5, 0.6) is 0 Å². The van der Waals surface area contributed by atoms with Gasteiger partial charge in [-0.2, -0.15) is 0 Å². The van der Waals surface area contributed by atoms with E-state index < -0.39 is 17.8 Å². The van der Waals surface area contributed by atoms with Gasteiger partial charge in [-0.15, -0.1) is 0 Å². The van der Waals surface area contributed by atoms with Gasteiger partial charge in [0, 0.05) is 7.05 Å². The smallest absolute Gasteiger partial charge is 0.410 e. The van der Waals surface area contributed by atoms with Crippen molar-refractivity contribution < 1.29 is 19.7 Å². The van der Waals surface area contributed by atoms with Gasteiger partial charge in [-0.05, 0) is 26.3 Å². The van der Waals surface area contributed by atoms with Crippen LogP contribution in [-0.4, -0.2) is 70.7 Å². The molecule has 0 spiro atoms. The van der Waals surface area contributed by atoms with Crippen molar-refractivity contribution in [1.82, 2.24) is 15.3 Å². The fraction of sp³-hybridized carbons (Fsp3) is 0.588. The van der Waals surface area contributed by atoms with Gasteiger partial charge in [0.2, 0.25) is 0 Å². The maximum atomic E-state index is 12.1. The van der Waals surface area contributed by atoms with Gasteiger partial charge in [-0.1, -0.05) is 24.3 Å². The zero-order valence-corrected chi connectivity index (χ0v) is 14.7. The topological polar surface area (TPSA) is 85.3 Å². The van der Waals surface area contributed by atoms with Gasteiger partial charge in [0.15, 0.2) is 0 Å². The maximum absolute atomic E-state index is 12.1. The van der Waals surface area contributed by atoms with Crippen LogP contribution in [0, 0.1) is 0 Å². The van der Waals surface area contributed by atoms with E-state index in [1.165, 1.54) is 4.90 Å². The monoisotopic (exact) mass is 337 g/mol. The van der Waals surface area contributed by atoms with E-state index in [2.05, 4.69) is 5.43 Å². The molecule has 7 heteroatoms. The highest BCUT2D eigenvalue weighted by atomic mass is 16.6. The minimum Gasteiger partial charge on any atom is -0.444 e. The molecule has 0 aromatic carbocycles. The summed E-state index contributed by atoms with van der Waals surface area (Å²) in [5, 5.41) is 21.7. The number of carbonyl (C=O) groups is 1. The molecule has 1 aliphatic heterocycles. The Morgan fingerprint density at radius 2 is 2.17 bits per heavy atom. The van der Waals surface area contributed by atoms with Crippen molar-refractivity contribution in [2.75, 3.05) is 26.7 Å². The Labute approximate surface area is 142 Å². The molecule has 0 saturated heterocycles. The molecule has 1 amide bonds.